The van der Waals surface area contributed by atoms with Gasteiger partial charge in [0.15, 0.2) is 0 Å². The van der Waals surface area contributed by atoms with Gasteiger partial charge in [-0.3, -0.25) is 4.79 Å². The summed E-state index contributed by atoms with van der Waals surface area (Å²) in [6.07, 6.45) is 2.60. The number of carbonyl (C=O) groups is 1. The molecule has 0 unspecified atom stereocenters. The van der Waals surface area contributed by atoms with Crippen LogP contribution in [0, 0.1) is 23.7 Å². The molecule has 0 N–H and O–H groups in total. The van der Waals surface area contributed by atoms with Crippen molar-refractivity contribution in [3.05, 3.63) is 40.9 Å². The lowest BCUT2D eigenvalue weighted by molar-refractivity contribution is -0.121. The van der Waals surface area contributed by atoms with Crippen molar-refractivity contribution in [2.45, 2.75) is 12.8 Å². The zero-order valence-electron chi connectivity index (χ0n) is 11.6. The van der Waals surface area contributed by atoms with Crippen LogP contribution in [0.3, 0.4) is 0 Å². The maximum Gasteiger partial charge on any atom is 0.230 e. The quantitative estimate of drug-likeness (QED) is 0.760. The smallest absolute Gasteiger partial charge is 0.230 e. The minimum Gasteiger partial charge on any atom is -0.311 e. The standard InChI is InChI=1S/C18H16BrNO/c19-15-5-6-16(13-4-2-1-3-12(13)15)20-9-14-10-7-11(8-10)17(14)18(20)21/h1-6,10-11,14,17H,7-9H2/t10?,11?,14-,17+/m1/s1. The Morgan fingerprint density at radius 2 is 1.76 bits per heavy atom. The molecule has 21 heavy (non-hydrogen) atoms. The highest BCUT2D eigenvalue weighted by Gasteiger charge is 2.60. The topological polar surface area (TPSA) is 20.3 Å². The number of carbonyl (C=O) groups excluding carboxylic acids is 1. The molecule has 4 aliphatic rings. The van der Waals surface area contributed by atoms with E-state index >= 15 is 0 Å². The third-order valence-corrected chi connectivity index (χ3v) is 6.56. The van der Waals surface area contributed by atoms with E-state index in [1.54, 1.807) is 0 Å². The summed E-state index contributed by atoms with van der Waals surface area (Å²) in [4.78, 5) is 14.9. The van der Waals surface area contributed by atoms with E-state index in [2.05, 4.69) is 51.2 Å². The largest absolute Gasteiger partial charge is 0.311 e. The zero-order valence-corrected chi connectivity index (χ0v) is 13.2. The van der Waals surface area contributed by atoms with Gasteiger partial charge in [-0.2, -0.15) is 0 Å². The first kappa shape index (κ1) is 12.2. The van der Waals surface area contributed by atoms with E-state index < -0.39 is 0 Å². The van der Waals surface area contributed by atoms with E-state index in [4.69, 9.17) is 0 Å². The van der Waals surface area contributed by atoms with Gasteiger partial charge in [0, 0.05) is 22.3 Å². The summed E-state index contributed by atoms with van der Waals surface area (Å²) in [5, 5.41) is 2.36. The number of fused-ring (bicyclic) bond motifs is 1. The second kappa shape index (κ2) is 4.10. The van der Waals surface area contributed by atoms with Crippen molar-refractivity contribution < 1.29 is 4.79 Å². The van der Waals surface area contributed by atoms with E-state index in [-0.39, 0.29) is 0 Å². The van der Waals surface area contributed by atoms with Crippen LogP contribution in [0.1, 0.15) is 12.8 Å². The van der Waals surface area contributed by atoms with Crippen LogP contribution in [0.25, 0.3) is 10.8 Å². The Morgan fingerprint density at radius 3 is 2.52 bits per heavy atom. The van der Waals surface area contributed by atoms with Crippen molar-refractivity contribution in [1.82, 2.24) is 0 Å². The van der Waals surface area contributed by atoms with Crippen LogP contribution in [0.15, 0.2) is 40.9 Å². The Hall–Kier alpha value is -1.35. The minimum absolute atomic E-state index is 0.317. The third-order valence-electron chi connectivity index (χ3n) is 5.87. The Kier molecular flexibility index (Phi) is 2.38. The third kappa shape index (κ3) is 1.50. The Bertz CT molecular complexity index is 765. The number of nitrogens with zero attached hydrogens (tertiary/aromatic N) is 1. The summed E-state index contributed by atoms with van der Waals surface area (Å²) in [5.41, 5.74) is 1.09. The number of benzene rings is 2. The first-order valence-corrected chi connectivity index (χ1v) is 8.52. The average Bonchev–Trinajstić information content (AvgIpc) is 3.08. The molecule has 106 valence electrons. The molecule has 4 fully saturated rings. The van der Waals surface area contributed by atoms with Gasteiger partial charge < -0.3 is 4.90 Å². The molecule has 2 nitrogen and oxygen atoms in total. The van der Waals surface area contributed by atoms with E-state index in [0.29, 0.717) is 23.7 Å². The summed E-state index contributed by atoms with van der Waals surface area (Å²) < 4.78 is 1.09. The molecule has 3 aliphatic carbocycles. The molecule has 2 aromatic carbocycles. The van der Waals surface area contributed by atoms with Gasteiger partial charge >= 0.3 is 0 Å². The molecule has 3 heteroatoms. The van der Waals surface area contributed by atoms with E-state index in [0.717, 1.165) is 22.6 Å². The zero-order chi connectivity index (χ0) is 14.1. The summed E-state index contributed by atoms with van der Waals surface area (Å²) in [6, 6.07) is 12.5. The molecule has 2 bridgehead atoms. The van der Waals surface area contributed by atoms with E-state index in [1.807, 2.05) is 6.07 Å². The van der Waals surface area contributed by atoms with Gasteiger partial charge in [0.1, 0.15) is 0 Å². The molecule has 0 radical (unpaired) electrons. The van der Waals surface area contributed by atoms with Crippen molar-refractivity contribution in [1.29, 1.82) is 0 Å². The fourth-order valence-corrected chi connectivity index (χ4v) is 5.30. The van der Waals surface area contributed by atoms with Crippen molar-refractivity contribution in [2.75, 3.05) is 11.4 Å². The monoisotopic (exact) mass is 341 g/mol. The molecular weight excluding hydrogens is 326 g/mol. The van der Waals surface area contributed by atoms with Gasteiger partial charge in [-0.1, -0.05) is 40.2 Å². The van der Waals surface area contributed by atoms with Gasteiger partial charge in [0.25, 0.3) is 0 Å². The molecule has 6 rings (SSSR count). The normalized spacial score (nSPS) is 33.4. The number of hydrogen-bond acceptors (Lipinski definition) is 1. The van der Waals surface area contributed by atoms with Crippen molar-refractivity contribution in [3.63, 3.8) is 0 Å². The number of hydrogen-bond donors (Lipinski definition) is 0. The van der Waals surface area contributed by atoms with Gasteiger partial charge in [0.2, 0.25) is 5.91 Å². The molecule has 3 saturated carbocycles. The average molecular weight is 342 g/mol. The molecule has 1 heterocycles. The molecule has 1 aliphatic heterocycles. The van der Waals surface area contributed by atoms with Crippen LogP contribution in [-0.2, 0) is 4.79 Å². The number of amides is 1. The van der Waals surface area contributed by atoms with Crippen molar-refractivity contribution >= 4 is 38.3 Å². The number of halogens is 1. The molecule has 2 atom stereocenters. The van der Waals surface area contributed by atoms with E-state index in [9.17, 15) is 4.79 Å². The van der Waals surface area contributed by atoms with Gasteiger partial charge in [-0.15, -0.1) is 0 Å². The molecule has 0 spiro atoms. The molecule has 2 aromatic rings. The highest BCUT2D eigenvalue weighted by atomic mass is 79.9. The van der Waals surface area contributed by atoms with Gasteiger partial charge in [-0.05, 0) is 48.1 Å². The Labute approximate surface area is 132 Å². The van der Waals surface area contributed by atoms with Gasteiger partial charge in [0.05, 0.1) is 5.69 Å². The number of rotatable bonds is 1. The molecule has 1 amide bonds. The summed E-state index contributed by atoms with van der Waals surface area (Å²) >= 11 is 3.62. The highest BCUT2D eigenvalue weighted by Crippen LogP contribution is 2.60. The predicted molar refractivity (Wildman–Crippen MR) is 87.2 cm³/mol. The van der Waals surface area contributed by atoms with Crippen LogP contribution in [0.4, 0.5) is 5.69 Å². The van der Waals surface area contributed by atoms with Crippen LogP contribution in [-0.4, -0.2) is 12.5 Å². The van der Waals surface area contributed by atoms with Crippen LogP contribution >= 0.6 is 15.9 Å². The molecular formula is C18H16BrNO. The first-order valence-electron chi connectivity index (χ1n) is 7.72. The summed E-state index contributed by atoms with van der Waals surface area (Å²) in [7, 11) is 0. The highest BCUT2D eigenvalue weighted by molar-refractivity contribution is 9.10. The maximum absolute atomic E-state index is 12.9. The lowest BCUT2D eigenvalue weighted by Gasteiger charge is -2.30. The lowest BCUT2D eigenvalue weighted by atomic mass is 9.81. The molecule has 1 saturated heterocycles. The summed E-state index contributed by atoms with van der Waals surface area (Å²) in [6.45, 7) is 0.927. The van der Waals surface area contributed by atoms with Crippen LogP contribution in [0.5, 0.6) is 0 Å². The first-order chi connectivity index (χ1) is 10.2. The lowest BCUT2D eigenvalue weighted by Crippen LogP contribution is -2.32. The van der Waals surface area contributed by atoms with Gasteiger partial charge in [-0.25, -0.2) is 0 Å². The van der Waals surface area contributed by atoms with Crippen molar-refractivity contribution in [2.24, 2.45) is 23.7 Å². The Balaban J connectivity index is 1.63. The fourth-order valence-electron chi connectivity index (χ4n) is 4.82. The van der Waals surface area contributed by atoms with Crippen LogP contribution in [0.2, 0.25) is 0 Å². The second-order valence-corrected chi connectivity index (χ2v) is 7.60. The van der Waals surface area contributed by atoms with Crippen molar-refractivity contribution in [3.8, 4) is 0 Å². The second-order valence-electron chi connectivity index (χ2n) is 6.74. The maximum atomic E-state index is 12.9. The predicted octanol–water partition coefficient (Wildman–Crippen LogP) is 4.22. The van der Waals surface area contributed by atoms with Crippen LogP contribution < -0.4 is 4.90 Å². The minimum atomic E-state index is 0.317. The molecule has 0 aromatic heterocycles. The Morgan fingerprint density at radius 1 is 1.00 bits per heavy atom. The number of anilines is 1. The summed E-state index contributed by atoms with van der Waals surface area (Å²) in [5.74, 6) is 2.80. The van der Waals surface area contributed by atoms with E-state index in [1.165, 1.54) is 23.6 Å². The SMILES string of the molecule is O=C1[C@H]2C3CC(C3)[C@H]2CN1c1ccc(Br)c2ccccc12. The fraction of sp³-hybridized carbons (Fsp3) is 0.389.